The molecule has 4 heteroatoms. The van der Waals surface area contributed by atoms with Gasteiger partial charge in [-0.25, -0.2) is 4.79 Å². The van der Waals surface area contributed by atoms with Crippen molar-refractivity contribution < 1.29 is 9.53 Å². The molecular weight excluding hydrogens is 156 g/mol. The van der Waals surface area contributed by atoms with Crippen LogP contribution < -0.4 is 5.73 Å². The first-order chi connectivity index (χ1) is 5.44. The summed E-state index contributed by atoms with van der Waals surface area (Å²) in [5.74, 6) is 0. The average molecular weight is 172 g/mol. The Kier molecular flexibility index (Phi) is 2.28. The van der Waals surface area contributed by atoms with E-state index < -0.39 is 5.60 Å². The summed E-state index contributed by atoms with van der Waals surface area (Å²) in [5.41, 5.74) is 4.97. The summed E-state index contributed by atoms with van der Waals surface area (Å²) in [5, 5.41) is 0. The Morgan fingerprint density at radius 1 is 1.67 bits per heavy atom. The van der Waals surface area contributed by atoms with Gasteiger partial charge in [-0.1, -0.05) is 0 Å². The van der Waals surface area contributed by atoms with E-state index in [4.69, 9.17) is 10.5 Å². The van der Waals surface area contributed by atoms with E-state index in [2.05, 4.69) is 0 Å². The quantitative estimate of drug-likeness (QED) is 0.588. The van der Waals surface area contributed by atoms with Crippen molar-refractivity contribution >= 4 is 6.09 Å². The van der Waals surface area contributed by atoms with Crippen LogP contribution in [-0.2, 0) is 4.74 Å². The summed E-state index contributed by atoms with van der Waals surface area (Å²) in [6, 6.07) is 0.208. The van der Waals surface area contributed by atoms with Crippen LogP contribution in [0.15, 0.2) is 0 Å². The van der Waals surface area contributed by atoms with Gasteiger partial charge in [0.2, 0.25) is 0 Å². The van der Waals surface area contributed by atoms with Gasteiger partial charge < -0.3 is 15.4 Å². The van der Waals surface area contributed by atoms with Crippen LogP contribution in [0.25, 0.3) is 0 Å². The van der Waals surface area contributed by atoms with Gasteiger partial charge >= 0.3 is 6.09 Å². The van der Waals surface area contributed by atoms with Crippen LogP contribution in [0.5, 0.6) is 0 Å². The molecule has 0 spiro atoms. The number of hydrogen-bond donors (Lipinski definition) is 1. The van der Waals surface area contributed by atoms with Crippen LogP contribution in [0.3, 0.4) is 0 Å². The number of amides is 1. The van der Waals surface area contributed by atoms with Crippen LogP contribution in [0.2, 0.25) is 0 Å². The van der Waals surface area contributed by atoms with E-state index in [1.165, 1.54) is 0 Å². The SMILES string of the molecule is CC(C)(C)OC(=O)N1CC1CN. The summed E-state index contributed by atoms with van der Waals surface area (Å²) < 4.78 is 5.13. The fourth-order valence-corrected chi connectivity index (χ4v) is 0.926. The predicted octanol–water partition coefficient (Wildman–Crippen LogP) is 0.564. The Bertz CT molecular complexity index is 186. The maximum atomic E-state index is 11.2. The normalized spacial score (nSPS) is 22.3. The van der Waals surface area contributed by atoms with E-state index in [1.807, 2.05) is 20.8 Å². The molecule has 1 fully saturated rings. The molecule has 0 aromatic heterocycles. The first-order valence-corrected chi connectivity index (χ1v) is 4.14. The highest BCUT2D eigenvalue weighted by molar-refractivity contribution is 5.71. The van der Waals surface area contributed by atoms with Gasteiger partial charge in [0.25, 0.3) is 0 Å². The molecule has 0 aromatic rings. The molecule has 1 heterocycles. The van der Waals surface area contributed by atoms with Crippen molar-refractivity contribution in [3.05, 3.63) is 0 Å². The minimum atomic E-state index is -0.404. The maximum Gasteiger partial charge on any atom is 0.410 e. The molecule has 0 aromatic carbocycles. The highest BCUT2D eigenvalue weighted by atomic mass is 16.6. The van der Waals surface area contributed by atoms with E-state index >= 15 is 0 Å². The molecule has 70 valence electrons. The second-order valence-electron chi connectivity index (χ2n) is 4.02. The Balaban J connectivity index is 2.32. The number of nitrogens with zero attached hydrogens (tertiary/aromatic N) is 1. The summed E-state index contributed by atoms with van der Waals surface area (Å²) in [7, 11) is 0. The second-order valence-corrected chi connectivity index (χ2v) is 4.02. The highest BCUT2D eigenvalue weighted by Crippen LogP contribution is 2.20. The van der Waals surface area contributed by atoms with Crippen molar-refractivity contribution in [2.45, 2.75) is 32.4 Å². The molecule has 1 aliphatic rings. The molecule has 0 radical (unpaired) electrons. The van der Waals surface area contributed by atoms with E-state index in [0.29, 0.717) is 6.54 Å². The third-order valence-corrected chi connectivity index (χ3v) is 1.61. The molecule has 1 saturated heterocycles. The van der Waals surface area contributed by atoms with Gasteiger partial charge in [-0.3, -0.25) is 0 Å². The highest BCUT2D eigenvalue weighted by Gasteiger charge is 2.39. The number of carbonyl (C=O) groups is 1. The number of carbonyl (C=O) groups excluding carboxylic acids is 1. The van der Waals surface area contributed by atoms with Crippen molar-refractivity contribution in [2.75, 3.05) is 13.1 Å². The second kappa shape index (κ2) is 2.94. The molecule has 1 amide bonds. The Morgan fingerprint density at radius 2 is 2.25 bits per heavy atom. The predicted molar refractivity (Wildman–Crippen MR) is 45.8 cm³/mol. The van der Waals surface area contributed by atoms with Crippen molar-refractivity contribution in [1.29, 1.82) is 0 Å². The van der Waals surface area contributed by atoms with Gasteiger partial charge in [-0.2, -0.15) is 0 Å². The average Bonchev–Trinajstić information content (AvgIpc) is 2.60. The zero-order valence-corrected chi connectivity index (χ0v) is 7.83. The molecule has 1 aliphatic heterocycles. The lowest BCUT2D eigenvalue weighted by atomic mass is 10.2. The number of hydrogen-bond acceptors (Lipinski definition) is 3. The van der Waals surface area contributed by atoms with Crippen molar-refractivity contribution in [2.24, 2.45) is 5.73 Å². The standard InChI is InChI=1S/C8H16N2O2/c1-8(2,3)12-7(11)10-5-6(10)4-9/h6H,4-5,9H2,1-3H3. The third-order valence-electron chi connectivity index (χ3n) is 1.61. The molecule has 1 unspecified atom stereocenters. The molecular formula is C8H16N2O2. The summed E-state index contributed by atoms with van der Waals surface area (Å²) in [6.45, 7) is 6.83. The Morgan fingerprint density at radius 3 is 2.58 bits per heavy atom. The zero-order valence-electron chi connectivity index (χ0n) is 7.83. The fraction of sp³-hybridized carbons (Fsp3) is 0.875. The zero-order chi connectivity index (χ0) is 9.35. The van der Waals surface area contributed by atoms with Crippen molar-refractivity contribution in [3.8, 4) is 0 Å². The summed E-state index contributed by atoms with van der Waals surface area (Å²) >= 11 is 0. The van der Waals surface area contributed by atoms with E-state index in [9.17, 15) is 4.79 Å². The number of nitrogens with two attached hydrogens (primary N) is 1. The molecule has 0 saturated carbocycles. The molecule has 0 bridgehead atoms. The summed E-state index contributed by atoms with van der Waals surface area (Å²) in [4.78, 5) is 12.9. The smallest absolute Gasteiger partial charge is 0.410 e. The van der Waals surface area contributed by atoms with Crippen LogP contribution in [0.4, 0.5) is 4.79 Å². The molecule has 1 rings (SSSR count). The lowest BCUT2D eigenvalue weighted by molar-refractivity contribution is 0.0408. The topological polar surface area (TPSA) is 55.3 Å². The number of ether oxygens (including phenoxy) is 1. The number of rotatable bonds is 1. The Labute approximate surface area is 72.7 Å². The van der Waals surface area contributed by atoms with Crippen molar-refractivity contribution in [3.63, 3.8) is 0 Å². The maximum absolute atomic E-state index is 11.2. The first-order valence-electron chi connectivity index (χ1n) is 4.14. The van der Waals surface area contributed by atoms with Crippen LogP contribution >= 0.6 is 0 Å². The van der Waals surface area contributed by atoms with Gasteiger partial charge in [-0.15, -0.1) is 0 Å². The molecule has 0 aliphatic carbocycles. The van der Waals surface area contributed by atoms with Gasteiger partial charge in [-0.05, 0) is 20.8 Å². The van der Waals surface area contributed by atoms with E-state index in [-0.39, 0.29) is 12.1 Å². The minimum Gasteiger partial charge on any atom is -0.444 e. The lowest BCUT2D eigenvalue weighted by Crippen LogP contribution is -2.28. The van der Waals surface area contributed by atoms with Gasteiger partial charge in [0.05, 0.1) is 6.04 Å². The van der Waals surface area contributed by atoms with Crippen molar-refractivity contribution in [1.82, 2.24) is 4.90 Å². The largest absolute Gasteiger partial charge is 0.444 e. The van der Waals surface area contributed by atoms with E-state index in [0.717, 1.165) is 6.54 Å². The van der Waals surface area contributed by atoms with Crippen LogP contribution in [-0.4, -0.2) is 35.7 Å². The van der Waals surface area contributed by atoms with Gasteiger partial charge in [0, 0.05) is 13.1 Å². The monoisotopic (exact) mass is 172 g/mol. The molecule has 1 atom stereocenters. The first kappa shape index (κ1) is 9.32. The third kappa shape index (κ3) is 2.37. The molecule has 2 N–H and O–H groups in total. The molecule has 12 heavy (non-hydrogen) atoms. The summed E-state index contributed by atoms with van der Waals surface area (Å²) in [6.07, 6.45) is -0.252. The van der Waals surface area contributed by atoms with Gasteiger partial charge in [0.15, 0.2) is 0 Å². The lowest BCUT2D eigenvalue weighted by Gasteiger charge is -2.19. The van der Waals surface area contributed by atoms with Crippen LogP contribution in [0.1, 0.15) is 20.8 Å². The van der Waals surface area contributed by atoms with Crippen LogP contribution in [0, 0.1) is 0 Å². The minimum absolute atomic E-state index is 0.208. The van der Waals surface area contributed by atoms with Gasteiger partial charge in [0.1, 0.15) is 5.60 Å². The molecule has 4 nitrogen and oxygen atoms in total. The Hall–Kier alpha value is -0.770. The van der Waals surface area contributed by atoms with E-state index in [1.54, 1.807) is 4.90 Å². The fourth-order valence-electron chi connectivity index (χ4n) is 0.926.